The van der Waals surface area contributed by atoms with Gasteiger partial charge in [-0.15, -0.1) is 0 Å². The molecule has 0 bridgehead atoms. The largest absolute Gasteiger partial charge is 0.394 e. The minimum Gasteiger partial charge on any atom is -0.394 e. The molecule has 1 amide bonds. The number of rotatable bonds is 3. The summed E-state index contributed by atoms with van der Waals surface area (Å²) < 4.78 is 1.60. The van der Waals surface area contributed by atoms with Crippen molar-refractivity contribution in [1.29, 1.82) is 0 Å². The molecule has 6 heteroatoms. The van der Waals surface area contributed by atoms with Gasteiger partial charge in [0.25, 0.3) is 5.91 Å². The molecule has 1 aromatic heterocycles. The molecule has 0 radical (unpaired) electrons. The Hall–Kier alpha value is -1.85. The molecule has 1 N–H and O–H groups in total. The van der Waals surface area contributed by atoms with Crippen molar-refractivity contribution in [3.05, 3.63) is 47.2 Å². The van der Waals surface area contributed by atoms with E-state index >= 15 is 0 Å². The lowest BCUT2D eigenvalue weighted by molar-refractivity contribution is 0.0671. The molecular formula is C15H16ClN3O2. The Labute approximate surface area is 127 Å². The molecule has 0 spiro atoms. The van der Waals surface area contributed by atoms with Crippen LogP contribution in [-0.4, -0.2) is 44.9 Å². The maximum absolute atomic E-state index is 12.5. The zero-order valence-electron chi connectivity index (χ0n) is 11.4. The molecule has 0 saturated carbocycles. The number of benzene rings is 1. The monoisotopic (exact) mass is 305 g/mol. The van der Waals surface area contributed by atoms with Crippen molar-refractivity contribution >= 4 is 17.5 Å². The van der Waals surface area contributed by atoms with E-state index in [-0.39, 0.29) is 18.6 Å². The lowest BCUT2D eigenvalue weighted by Crippen LogP contribution is -2.37. The standard InChI is InChI=1S/C15H16ClN3O2/c16-12-5-1-2-6-14(12)19-9-7-13(17-19)15(21)18-8-3-4-11(18)10-20/h1-2,5-7,9,11,20H,3-4,8,10H2/t11-/m1/s1. The molecule has 1 atom stereocenters. The highest BCUT2D eigenvalue weighted by Gasteiger charge is 2.30. The van der Waals surface area contributed by atoms with E-state index in [1.54, 1.807) is 27.9 Å². The van der Waals surface area contributed by atoms with Gasteiger partial charge in [-0.1, -0.05) is 23.7 Å². The van der Waals surface area contributed by atoms with E-state index in [1.807, 2.05) is 18.2 Å². The van der Waals surface area contributed by atoms with E-state index in [0.29, 0.717) is 17.3 Å². The van der Waals surface area contributed by atoms with E-state index in [9.17, 15) is 9.90 Å². The van der Waals surface area contributed by atoms with Gasteiger partial charge < -0.3 is 10.0 Å². The first-order chi connectivity index (χ1) is 10.2. The number of carbonyl (C=O) groups is 1. The van der Waals surface area contributed by atoms with Crippen LogP contribution in [0.2, 0.25) is 5.02 Å². The van der Waals surface area contributed by atoms with Gasteiger partial charge >= 0.3 is 0 Å². The maximum atomic E-state index is 12.5. The van der Waals surface area contributed by atoms with E-state index in [1.165, 1.54) is 0 Å². The summed E-state index contributed by atoms with van der Waals surface area (Å²) in [6, 6.07) is 8.92. The first-order valence-corrected chi connectivity index (χ1v) is 7.31. The molecule has 1 aromatic carbocycles. The molecular weight excluding hydrogens is 290 g/mol. The van der Waals surface area contributed by atoms with E-state index in [2.05, 4.69) is 5.10 Å². The van der Waals surface area contributed by atoms with Gasteiger partial charge in [0.05, 0.1) is 23.4 Å². The topological polar surface area (TPSA) is 58.4 Å². The average molecular weight is 306 g/mol. The quantitative estimate of drug-likeness (QED) is 0.945. The minimum atomic E-state index is -0.141. The van der Waals surface area contributed by atoms with Crippen LogP contribution in [0.25, 0.3) is 5.69 Å². The normalized spacial score (nSPS) is 18.2. The number of aliphatic hydroxyl groups excluding tert-OH is 1. The Bertz CT molecular complexity index is 656. The van der Waals surface area contributed by atoms with Crippen LogP contribution >= 0.6 is 11.6 Å². The number of hydrogen-bond donors (Lipinski definition) is 1. The van der Waals surface area contributed by atoms with E-state index < -0.39 is 0 Å². The predicted octanol–water partition coefficient (Wildman–Crippen LogP) is 2.12. The van der Waals surface area contributed by atoms with E-state index in [4.69, 9.17) is 11.6 Å². The number of nitrogens with zero attached hydrogens (tertiary/aromatic N) is 3. The smallest absolute Gasteiger partial charge is 0.274 e. The highest BCUT2D eigenvalue weighted by molar-refractivity contribution is 6.32. The Morgan fingerprint density at radius 2 is 2.19 bits per heavy atom. The van der Waals surface area contributed by atoms with E-state index in [0.717, 1.165) is 18.5 Å². The Kier molecular flexibility index (Phi) is 3.94. The molecule has 2 aromatic rings. The Morgan fingerprint density at radius 3 is 2.95 bits per heavy atom. The predicted molar refractivity (Wildman–Crippen MR) is 79.7 cm³/mol. The zero-order chi connectivity index (χ0) is 14.8. The molecule has 110 valence electrons. The number of hydrogen-bond acceptors (Lipinski definition) is 3. The van der Waals surface area contributed by atoms with Crippen molar-refractivity contribution in [2.75, 3.05) is 13.2 Å². The van der Waals surface area contributed by atoms with Crippen LogP contribution in [0.3, 0.4) is 0 Å². The van der Waals surface area contributed by atoms with Gasteiger partial charge in [0.2, 0.25) is 0 Å². The first kappa shape index (κ1) is 14.1. The third kappa shape index (κ3) is 2.66. The lowest BCUT2D eigenvalue weighted by atomic mass is 10.2. The SMILES string of the molecule is O=C(c1ccn(-c2ccccc2Cl)n1)N1CCC[C@@H]1CO. The summed E-state index contributed by atoms with van der Waals surface area (Å²) in [6.07, 6.45) is 3.48. The van der Waals surface area contributed by atoms with Gasteiger partial charge in [0.15, 0.2) is 5.69 Å². The molecule has 21 heavy (non-hydrogen) atoms. The van der Waals surface area contributed by atoms with Crippen molar-refractivity contribution < 1.29 is 9.90 Å². The second-order valence-electron chi connectivity index (χ2n) is 5.07. The fraction of sp³-hybridized carbons (Fsp3) is 0.333. The zero-order valence-corrected chi connectivity index (χ0v) is 12.2. The van der Waals surface area contributed by atoms with Crippen LogP contribution in [0.15, 0.2) is 36.5 Å². The van der Waals surface area contributed by atoms with Gasteiger partial charge in [-0.05, 0) is 31.0 Å². The summed E-state index contributed by atoms with van der Waals surface area (Å²) in [4.78, 5) is 14.1. The van der Waals surface area contributed by atoms with Crippen LogP contribution in [0, 0.1) is 0 Å². The van der Waals surface area contributed by atoms with Gasteiger partial charge in [-0.2, -0.15) is 5.10 Å². The van der Waals surface area contributed by atoms with Gasteiger partial charge in [0, 0.05) is 12.7 Å². The van der Waals surface area contributed by atoms with Crippen molar-refractivity contribution in [3.8, 4) is 5.69 Å². The molecule has 1 fully saturated rings. The Morgan fingerprint density at radius 1 is 1.38 bits per heavy atom. The second-order valence-corrected chi connectivity index (χ2v) is 5.48. The van der Waals surface area contributed by atoms with Crippen molar-refractivity contribution in [3.63, 3.8) is 0 Å². The molecule has 5 nitrogen and oxygen atoms in total. The first-order valence-electron chi connectivity index (χ1n) is 6.93. The maximum Gasteiger partial charge on any atom is 0.274 e. The van der Waals surface area contributed by atoms with Crippen LogP contribution in [-0.2, 0) is 0 Å². The van der Waals surface area contributed by atoms with Gasteiger partial charge in [-0.3, -0.25) is 4.79 Å². The van der Waals surface area contributed by atoms with Gasteiger partial charge in [-0.25, -0.2) is 4.68 Å². The third-order valence-corrected chi connectivity index (χ3v) is 4.08. The summed E-state index contributed by atoms with van der Waals surface area (Å²) in [5, 5.41) is 14.2. The number of aromatic nitrogens is 2. The fourth-order valence-electron chi connectivity index (χ4n) is 2.65. The third-order valence-electron chi connectivity index (χ3n) is 3.76. The van der Waals surface area contributed by atoms with Crippen LogP contribution in [0.5, 0.6) is 0 Å². The summed E-state index contributed by atoms with van der Waals surface area (Å²) in [5.41, 5.74) is 1.11. The number of amides is 1. The Balaban J connectivity index is 1.85. The van der Waals surface area contributed by atoms with Crippen LogP contribution < -0.4 is 0 Å². The number of aliphatic hydroxyl groups is 1. The van der Waals surface area contributed by atoms with Crippen molar-refractivity contribution in [2.45, 2.75) is 18.9 Å². The molecule has 0 aliphatic carbocycles. The number of carbonyl (C=O) groups excluding carboxylic acids is 1. The van der Waals surface area contributed by atoms with Crippen LogP contribution in [0.4, 0.5) is 0 Å². The number of para-hydroxylation sites is 1. The van der Waals surface area contributed by atoms with Crippen LogP contribution in [0.1, 0.15) is 23.3 Å². The molecule has 1 saturated heterocycles. The summed E-state index contributed by atoms with van der Waals surface area (Å²) in [5.74, 6) is -0.141. The minimum absolute atomic E-state index is 0.00301. The summed E-state index contributed by atoms with van der Waals surface area (Å²) in [6.45, 7) is 0.667. The molecule has 1 aliphatic heterocycles. The molecule has 2 heterocycles. The summed E-state index contributed by atoms with van der Waals surface area (Å²) >= 11 is 6.13. The summed E-state index contributed by atoms with van der Waals surface area (Å²) in [7, 11) is 0. The highest BCUT2D eigenvalue weighted by atomic mass is 35.5. The lowest BCUT2D eigenvalue weighted by Gasteiger charge is -2.21. The highest BCUT2D eigenvalue weighted by Crippen LogP contribution is 2.21. The number of likely N-dealkylation sites (tertiary alicyclic amines) is 1. The molecule has 1 aliphatic rings. The van der Waals surface area contributed by atoms with Crippen molar-refractivity contribution in [1.82, 2.24) is 14.7 Å². The molecule has 0 unspecified atom stereocenters. The van der Waals surface area contributed by atoms with Crippen molar-refractivity contribution in [2.24, 2.45) is 0 Å². The molecule has 3 rings (SSSR count). The average Bonchev–Trinajstić information content (AvgIpc) is 3.16. The second kappa shape index (κ2) is 5.87. The number of halogens is 1. The van der Waals surface area contributed by atoms with Gasteiger partial charge in [0.1, 0.15) is 0 Å². The fourth-order valence-corrected chi connectivity index (χ4v) is 2.87.